The van der Waals surface area contributed by atoms with Gasteiger partial charge in [0.05, 0.1) is 18.9 Å². The molecule has 0 unspecified atom stereocenters. The molecule has 1 saturated carbocycles. The summed E-state index contributed by atoms with van der Waals surface area (Å²) >= 11 is 0. The number of rotatable bonds is 3. The van der Waals surface area contributed by atoms with Gasteiger partial charge in [-0.3, -0.25) is 14.8 Å². The van der Waals surface area contributed by atoms with E-state index in [-0.39, 0.29) is 5.92 Å². The van der Waals surface area contributed by atoms with Crippen LogP contribution in [0.3, 0.4) is 0 Å². The van der Waals surface area contributed by atoms with Crippen LogP contribution in [0.15, 0.2) is 18.6 Å². The molecule has 1 saturated heterocycles. The fourth-order valence-corrected chi connectivity index (χ4v) is 3.54. The highest BCUT2D eigenvalue weighted by atomic mass is 16.5. The topological polar surface area (TPSA) is 55.3 Å². The molecule has 2 aliphatic rings. The van der Waals surface area contributed by atoms with Gasteiger partial charge < -0.3 is 9.64 Å². The molecular weight excluding hydrogens is 278 g/mol. The zero-order valence-electron chi connectivity index (χ0n) is 13.1. The fourth-order valence-electron chi connectivity index (χ4n) is 3.54. The third kappa shape index (κ3) is 4.03. The van der Waals surface area contributed by atoms with Crippen molar-refractivity contribution in [3.63, 3.8) is 0 Å². The van der Waals surface area contributed by atoms with E-state index in [1.165, 1.54) is 19.3 Å². The van der Waals surface area contributed by atoms with Gasteiger partial charge >= 0.3 is 0 Å². The van der Waals surface area contributed by atoms with Crippen molar-refractivity contribution in [3.05, 3.63) is 24.3 Å². The van der Waals surface area contributed by atoms with Gasteiger partial charge in [0.15, 0.2) is 0 Å². The van der Waals surface area contributed by atoms with Gasteiger partial charge in [0.25, 0.3) is 0 Å². The minimum atomic E-state index is 0.240. The highest BCUT2D eigenvalue weighted by Crippen LogP contribution is 2.26. The van der Waals surface area contributed by atoms with Crippen LogP contribution in [-0.2, 0) is 16.0 Å². The first-order chi connectivity index (χ1) is 10.8. The van der Waals surface area contributed by atoms with E-state index in [9.17, 15) is 4.79 Å². The lowest BCUT2D eigenvalue weighted by Crippen LogP contribution is -2.40. The summed E-state index contributed by atoms with van der Waals surface area (Å²) < 4.78 is 5.70. The summed E-state index contributed by atoms with van der Waals surface area (Å²) in [6.07, 6.45) is 11.8. The molecule has 3 rings (SSSR count). The molecule has 22 heavy (non-hydrogen) atoms. The Kier molecular flexibility index (Phi) is 5.38. The van der Waals surface area contributed by atoms with Gasteiger partial charge in [-0.15, -0.1) is 0 Å². The van der Waals surface area contributed by atoms with Gasteiger partial charge in [-0.1, -0.05) is 19.3 Å². The predicted octanol–water partition coefficient (Wildman–Crippen LogP) is 2.07. The van der Waals surface area contributed by atoms with Crippen molar-refractivity contribution >= 4 is 5.91 Å². The van der Waals surface area contributed by atoms with Crippen LogP contribution in [0.2, 0.25) is 0 Å². The Morgan fingerprint density at radius 3 is 2.91 bits per heavy atom. The van der Waals surface area contributed by atoms with Crippen molar-refractivity contribution in [2.24, 2.45) is 11.8 Å². The number of aromatic nitrogens is 2. The first-order valence-corrected chi connectivity index (χ1v) is 8.44. The Bertz CT molecular complexity index is 474. The standard InChI is InChI=1S/C17H25N3O2/c21-17(15-4-2-1-3-5-15)20-8-9-22-13-14(12-20)10-16-11-18-6-7-19-16/h6-7,11,14-15H,1-5,8-10,12-13H2/t14-/m0/s1. The van der Waals surface area contributed by atoms with Gasteiger partial charge in [-0.25, -0.2) is 0 Å². The molecule has 0 spiro atoms. The monoisotopic (exact) mass is 303 g/mol. The molecule has 120 valence electrons. The second-order valence-electron chi connectivity index (χ2n) is 6.46. The zero-order chi connectivity index (χ0) is 15.2. The van der Waals surface area contributed by atoms with Gasteiger partial charge in [-0.05, 0) is 19.3 Å². The molecule has 1 aromatic rings. The number of hydrogen-bond donors (Lipinski definition) is 0. The minimum absolute atomic E-state index is 0.240. The fraction of sp³-hybridized carbons (Fsp3) is 0.706. The van der Waals surface area contributed by atoms with Crippen molar-refractivity contribution in [1.82, 2.24) is 14.9 Å². The summed E-state index contributed by atoms with van der Waals surface area (Å²) in [5.41, 5.74) is 0.975. The summed E-state index contributed by atoms with van der Waals surface area (Å²) in [6.45, 7) is 2.86. The molecule has 0 aromatic carbocycles. The van der Waals surface area contributed by atoms with E-state index in [0.29, 0.717) is 25.0 Å². The highest BCUT2D eigenvalue weighted by Gasteiger charge is 2.29. The number of amides is 1. The summed E-state index contributed by atoms with van der Waals surface area (Å²) in [6, 6.07) is 0. The number of nitrogens with zero attached hydrogens (tertiary/aromatic N) is 3. The summed E-state index contributed by atoms with van der Waals surface area (Å²) in [5.74, 6) is 0.894. The van der Waals surface area contributed by atoms with Crippen molar-refractivity contribution in [2.45, 2.75) is 38.5 Å². The van der Waals surface area contributed by atoms with Crippen LogP contribution in [0.25, 0.3) is 0 Å². The van der Waals surface area contributed by atoms with Gasteiger partial charge in [0.2, 0.25) is 5.91 Å². The van der Waals surface area contributed by atoms with E-state index in [0.717, 1.165) is 38.0 Å². The van der Waals surface area contributed by atoms with Crippen LogP contribution in [0.1, 0.15) is 37.8 Å². The lowest BCUT2D eigenvalue weighted by Gasteiger charge is -2.29. The van der Waals surface area contributed by atoms with Crippen LogP contribution in [0, 0.1) is 11.8 Å². The van der Waals surface area contributed by atoms with Gasteiger partial charge in [-0.2, -0.15) is 0 Å². The molecule has 1 aliphatic carbocycles. The largest absolute Gasteiger partial charge is 0.379 e. The number of ether oxygens (including phenoxy) is 1. The van der Waals surface area contributed by atoms with Gasteiger partial charge in [0, 0.05) is 43.5 Å². The van der Waals surface area contributed by atoms with Crippen LogP contribution in [-0.4, -0.2) is 47.1 Å². The van der Waals surface area contributed by atoms with E-state index in [2.05, 4.69) is 9.97 Å². The summed E-state index contributed by atoms with van der Waals surface area (Å²) in [7, 11) is 0. The molecule has 0 radical (unpaired) electrons. The molecule has 0 N–H and O–H groups in total. The first kappa shape index (κ1) is 15.4. The second-order valence-corrected chi connectivity index (χ2v) is 6.46. The molecular formula is C17H25N3O2. The maximum atomic E-state index is 12.7. The lowest BCUT2D eigenvalue weighted by atomic mass is 9.88. The van der Waals surface area contributed by atoms with E-state index in [4.69, 9.17) is 4.74 Å². The van der Waals surface area contributed by atoms with Crippen LogP contribution >= 0.6 is 0 Å². The smallest absolute Gasteiger partial charge is 0.225 e. The van der Waals surface area contributed by atoms with Crippen LogP contribution in [0.5, 0.6) is 0 Å². The predicted molar refractivity (Wildman–Crippen MR) is 83.2 cm³/mol. The molecule has 2 fully saturated rings. The first-order valence-electron chi connectivity index (χ1n) is 8.44. The van der Waals surface area contributed by atoms with Crippen molar-refractivity contribution < 1.29 is 9.53 Å². The second kappa shape index (κ2) is 7.68. The molecule has 2 heterocycles. The Labute approximate surface area is 132 Å². The van der Waals surface area contributed by atoms with Crippen LogP contribution in [0.4, 0.5) is 0 Å². The number of hydrogen-bond acceptors (Lipinski definition) is 4. The third-order valence-corrected chi connectivity index (χ3v) is 4.72. The SMILES string of the molecule is O=C(C1CCCCC1)N1CCOC[C@@H](Cc2cnccn2)C1. The van der Waals surface area contributed by atoms with E-state index in [1.807, 2.05) is 4.90 Å². The Morgan fingerprint density at radius 1 is 1.27 bits per heavy atom. The molecule has 1 aliphatic heterocycles. The maximum absolute atomic E-state index is 12.7. The van der Waals surface area contributed by atoms with E-state index < -0.39 is 0 Å². The van der Waals surface area contributed by atoms with Gasteiger partial charge in [0.1, 0.15) is 0 Å². The number of carbonyl (C=O) groups is 1. The molecule has 1 amide bonds. The third-order valence-electron chi connectivity index (χ3n) is 4.72. The Balaban J connectivity index is 1.60. The van der Waals surface area contributed by atoms with Crippen molar-refractivity contribution in [1.29, 1.82) is 0 Å². The molecule has 1 atom stereocenters. The molecule has 5 heteroatoms. The summed E-state index contributed by atoms with van der Waals surface area (Å²) in [4.78, 5) is 23.2. The highest BCUT2D eigenvalue weighted by molar-refractivity contribution is 5.79. The van der Waals surface area contributed by atoms with Crippen molar-refractivity contribution in [2.75, 3.05) is 26.3 Å². The summed E-state index contributed by atoms with van der Waals surface area (Å²) in [5, 5.41) is 0. The Morgan fingerprint density at radius 2 is 2.14 bits per heavy atom. The average molecular weight is 303 g/mol. The zero-order valence-corrected chi connectivity index (χ0v) is 13.1. The lowest BCUT2D eigenvalue weighted by molar-refractivity contribution is -0.137. The maximum Gasteiger partial charge on any atom is 0.225 e. The molecule has 1 aromatic heterocycles. The Hall–Kier alpha value is -1.49. The van der Waals surface area contributed by atoms with Crippen LogP contribution < -0.4 is 0 Å². The minimum Gasteiger partial charge on any atom is -0.379 e. The van der Waals surface area contributed by atoms with Crippen molar-refractivity contribution in [3.8, 4) is 0 Å². The molecule has 5 nitrogen and oxygen atoms in total. The normalized spacial score (nSPS) is 24.0. The molecule has 0 bridgehead atoms. The quantitative estimate of drug-likeness (QED) is 0.858. The van der Waals surface area contributed by atoms with E-state index in [1.54, 1.807) is 18.6 Å². The average Bonchev–Trinajstić information content (AvgIpc) is 2.81. The number of carbonyl (C=O) groups excluding carboxylic acids is 1. The van der Waals surface area contributed by atoms with E-state index >= 15 is 0 Å².